The summed E-state index contributed by atoms with van der Waals surface area (Å²) in [6, 6.07) is 5.41. The summed E-state index contributed by atoms with van der Waals surface area (Å²) in [5, 5.41) is 0. The highest BCUT2D eigenvalue weighted by atomic mass is 16.4. The van der Waals surface area contributed by atoms with E-state index in [1.54, 1.807) is 11.0 Å². The fourth-order valence-electron chi connectivity index (χ4n) is 2.98. The van der Waals surface area contributed by atoms with Crippen LogP contribution < -0.4 is 11.5 Å². The number of benzene rings is 1. The molecular weight excluding hydrogens is 298 g/mol. The van der Waals surface area contributed by atoms with Gasteiger partial charge in [0, 0.05) is 25.4 Å². The van der Waals surface area contributed by atoms with Gasteiger partial charge in [-0.05, 0) is 37.0 Å². The Morgan fingerprint density at radius 2 is 2.04 bits per heavy atom. The minimum absolute atomic E-state index is 0.0775. The number of nitrogens with one attached hydrogen (secondary N) is 1. The van der Waals surface area contributed by atoms with Crippen LogP contribution in [-0.2, 0) is 16.0 Å². The molecule has 1 aliphatic rings. The molecule has 2 heterocycles. The van der Waals surface area contributed by atoms with Gasteiger partial charge in [-0.1, -0.05) is 6.07 Å². The molecular formula is C16H19N3O4. The van der Waals surface area contributed by atoms with Gasteiger partial charge in [-0.2, -0.15) is 0 Å². The van der Waals surface area contributed by atoms with E-state index in [0.29, 0.717) is 49.9 Å². The van der Waals surface area contributed by atoms with Crippen LogP contribution in [0.15, 0.2) is 27.4 Å². The van der Waals surface area contributed by atoms with Gasteiger partial charge in [0.2, 0.25) is 11.8 Å². The number of H-pyrrole nitrogens is 1. The first-order chi connectivity index (χ1) is 11.0. The summed E-state index contributed by atoms with van der Waals surface area (Å²) in [6.07, 6.45) is 2.28. The highest BCUT2D eigenvalue weighted by Crippen LogP contribution is 2.18. The summed E-state index contributed by atoms with van der Waals surface area (Å²) in [5.74, 6) is -0.793. The SMILES string of the molecule is NC(=O)C1CCN(C(=O)CCc2ccc3oc(=O)[nH]c3c2)CC1. The van der Waals surface area contributed by atoms with E-state index in [1.165, 1.54) is 0 Å². The maximum Gasteiger partial charge on any atom is 0.417 e. The van der Waals surface area contributed by atoms with Crippen molar-refractivity contribution in [2.45, 2.75) is 25.7 Å². The van der Waals surface area contributed by atoms with E-state index in [2.05, 4.69) is 4.98 Å². The molecule has 7 heteroatoms. The first kappa shape index (κ1) is 15.3. The summed E-state index contributed by atoms with van der Waals surface area (Å²) >= 11 is 0. The largest absolute Gasteiger partial charge is 0.417 e. The maximum absolute atomic E-state index is 12.2. The van der Waals surface area contributed by atoms with Gasteiger partial charge in [0.1, 0.15) is 0 Å². The fourth-order valence-corrected chi connectivity index (χ4v) is 2.98. The zero-order valence-electron chi connectivity index (χ0n) is 12.7. The monoisotopic (exact) mass is 317 g/mol. The topological polar surface area (TPSA) is 109 Å². The third-order valence-electron chi connectivity index (χ3n) is 4.36. The fraction of sp³-hybridized carbons (Fsp3) is 0.438. The predicted molar refractivity (Wildman–Crippen MR) is 83.7 cm³/mol. The third kappa shape index (κ3) is 3.44. The Balaban J connectivity index is 1.56. The highest BCUT2D eigenvalue weighted by Gasteiger charge is 2.25. The number of oxazole rings is 1. The van der Waals surface area contributed by atoms with E-state index in [1.807, 2.05) is 12.1 Å². The number of hydrogen-bond donors (Lipinski definition) is 2. The van der Waals surface area contributed by atoms with Crippen molar-refractivity contribution in [1.29, 1.82) is 0 Å². The normalized spacial score (nSPS) is 15.9. The van der Waals surface area contributed by atoms with E-state index in [0.717, 1.165) is 5.56 Å². The van der Waals surface area contributed by atoms with Crippen molar-refractivity contribution in [2.75, 3.05) is 13.1 Å². The second-order valence-corrected chi connectivity index (χ2v) is 5.90. The Morgan fingerprint density at radius 1 is 1.30 bits per heavy atom. The average molecular weight is 317 g/mol. The highest BCUT2D eigenvalue weighted by molar-refractivity contribution is 5.79. The molecule has 1 fully saturated rings. The number of nitrogens with two attached hydrogens (primary N) is 1. The van der Waals surface area contributed by atoms with Crippen molar-refractivity contribution < 1.29 is 14.0 Å². The van der Waals surface area contributed by atoms with Crippen molar-refractivity contribution in [1.82, 2.24) is 9.88 Å². The third-order valence-corrected chi connectivity index (χ3v) is 4.36. The Hall–Kier alpha value is -2.57. The second kappa shape index (κ2) is 6.28. The van der Waals surface area contributed by atoms with Gasteiger partial charge in [0.15, 0.2) is 5.58 Å². The number of hydrogen-bond acceptors (Lipinski definition) is 4. The van der Waals surface area contributed by atoms with Crippen molar-refractivity contribution in [3.8, 4) is 0 Å². The quantitative estimate of drug-likeness (QED) is 0.868. The number of fused-ring (bicyclic) bond motifs is 1. The lowest BCUT2D eigenvalue weighted by molar-refractivity contribution is -0.134. The lowest BCUT2D eigenvalue weighted by Crippen LogP contribution is -2.41. The number of amides is 2. The standard InChI is InChI=1S/C16H19N3O4/c17-15(21)11-5-7-19(8-6-11)14(20)4-2-10-1-3-13-12(9-10)18-16(22)23-13/h1,3,9,11H,2,4-8H2,(H2,17,21)(H,18,22). The molecule has 1 aromatic heterocycles. The number of primary amides is 1. The van der Waals surface area contributed by atoms with Gasteiger partial charge in [-0.25, -0.2) is 4.79 Å². The molecule has 0 unspecified atom stereocenters. The Kier molecular flexibility index (Phi) is 4.18. The molecule has 1 aliphatic heterocycles. The molecule has 0 aliphatic carbocycles. The molecule has 0 spiro atoms. The van der Waals surface area contributed by atoms with Gasteiger partial charge >= 0.3 is 5.76 Å². The Morgan fingerprint density at radius 3 is 2.74 bits per heavy atom. The minimum Gasteiger partial charge on any atom is -0.408 e. The van der Waals surface area contributed by atoms with E-state index in [4.69, 9.17) is 10.2 Å². The smallest absolute Gasteiger partial charge is 0.408 e. The second-order valence-electron chi connectivity index (χ2n) is 5.90. The molecule has 23 heavy (non-hydrogen) atoms. The number of likely N-dealkylation sites (tertiary alicyclic amines) is 1. The van der Waals surface area contributed by atoms with Crippen LogP contribution in [0.3, 0.4) is 0 Å². The minimum atomic E-state index is -0.481. The van der Waals surface area contributed by atoms with E-state index < -0.39 is 5.76 Å². The summed E-state index contributed by atoms with van der Waals surface area (Å²) in [4.78, 5) is 38.9. The van der Waals surface area contributed by atoms with Gasteiger partial charge in [0.05, 0.1) is 5.52 Å². The number of carbonyl (C=O) groups is 2. The molecule has 2 aromatic rings. The Bertz CT molecular complexity index is 784. The van der Waals surface area contributed by atoms with Crippen molar-refractivity contribution in [3.05, 3.63) is 34.3 Å². The summed E-state index contributed by atoms with van der Waals surface area (Å²) in [6.45, 7) is 1.17. The number of rotatable bonds is 4. The number of aromatic amines is 1. The molecule has 0 saturated carbocycles. The van der Waals surface area contributed by atoms with Crippen LogP contribution in [0.4, 0.5) is 0 Å². The van der Waals surface area contributed by atoms with E-state index in [9.17, 15) is 14.4 Å². The molecule has 1 aromatic carbocycles. The zero-order chi connectivity index (χ0) is 16.4. The number of aromatic nitrogens is 1. The maximum atomic E-state index is 12.2. The number of aryl methyl sites for hydroxylation is 1. The Labute approximate surface area is 132 Å². The molecule has 0 radical (unpaired) electrons. The van der Waals surface area contributed by atoms with Crippen molar-refractivity contribution >= 4 is 22.9 Å². The lowest BCUT2D eigenvalue weighted by Gasteiger charge is -2.30. The van der Waals surface area contributed by atoms with Crippen LogP contribution in [0.2, 0.25) is 0 Å². The van der Waals surface area contributed by atoms with Gasteiger partial charge in [0.25, 0.3) is 0 Å². The van der Waals surface area contributed by atoms with Crippen molar-refractivity contribution in [3.63, 3.8) is 0 Å². The van der Waals surface area contributed by atoms with Crippen LogP contribution in [-0.4, -0.2) is 34.8 Å². The molecule has 1 saturated heterocycles. The van der Waals surface area contributed by atoms with E-state index >= 15 is 0 Å². The van der Waals surface area contributed by atoms with Crippen LogP contribution in [0.5, 0.6) is 0 Å². The summed E-state index contributed by atoms with van der Waals surface area (Å²) in [7, 11) is 0. The molecule has 0 atom stereocenters. The van der Waals surface area contributed by atoms with Gasteiger partial charge in [-0.15, -0.1) is 0 Å². The number of piperidine rings is 1. The van der Waals surface area contributed by atoms with Crippen LogP contribution in [0, 0.1) is 5.92 Å². The van der Waals surface area contributed by atoms with Gasteiger partial charge in [-0.3, -0.25) is 14.6 Å². The van der Waals surface area contributed by atoms with Crippen LogP contribution in [0.1, 0.15) is 24.8 Å². The summed E-state index contributed by atoms with van der Waals surface area (Å²) < 4.78 is 4.95. The lowest BCUT2D eigenvalue weighted by atomic mass is 9.96. The van der Waals surface area contributed by atoms with Crippen molar-refractivity contribution in [2.24, 2.45) is 11.7 Å². The first-order valence-corrected chi connectivity index (χ1v) is 7.72. The van der Waals surface area contributed by atoms with E-state index in [-0.39, 0.29) is 17.7 Å². The molecule has 7 nitrogen and oxygen atoms in total. The molecule has 3 rings (SSSR count). The first-order valence-electron chi connectivity index (χ1n) is 7.72. The van der Waals surface area contributed by atoms with Crippen LogP contribution >= 0.6 is 0 Å². The molecule has 122 valence electrons. The molecule has 2 amide bonds. The molecule has 3 N–H and O–H groups in total. The van der Waals surface area contributed by atoms with Gasteiger partial charge < -0.3 is 15.1 Å². The zero-order valence-corrected chi connectivity index (χ0v) is 12.7. The summed E-state index contributed by atoms with van der Waals surface area (Å²) in [5.41, 5.74) is 7.42. The number of nitrogens with zero attached hydrogens (tertiary/aromatic N) is 1. The number of carbonyl (C=O) groups excluding carboxylic acids is 2. The van der Waals surface area contributed by atoms with Crippen LogP contribution in [0.25, 0.3) is 11.1 Å². The molecule has 0 bridgehead atoms. The predicted octanol–water partition coefficient (Wildman–Crippen LogP) is 0.778. The average Bonchev–Trinajstić information content (AvgIpc) is 2.92.